The molecule has 3 aromatic rings. The van der Waals surface area contributed by atoms with Crippen molar-refractivity contribution in [1.82, 2.24) is 10.5 Å². The molecular formula is C24H25N3O3. The molecule has 0 aliphatic heterocycles. The first-order chi connectivity index (χ1) is 14.3. The maximum absolute atomic E-state index is 12.7. The highest BCUT2D eigenvalue weighted by molar-refractivity contribution is 5.90. The Kier molecular flexibility index (Phi) is 6.47. The van der Waals surface area contributed by atoms with Crippen LogP contribution in [0.3, 0.4) is 0 Å². The minimum absolute atomic E-state index is 0.376. The largest absolute Gasteiger partial charge is 0.352 e. The van der Waals surface area contributed by atoms with Crippen LogP contribution in [0.25, 0.3) is 11.1 Å². The Labute approximate surface area is 176 Å². The molecule has 0 bridgehead atoms. The monoisotopic (exact) mass is 403 g/mol. The van der Waals surface area contributed by atoms with Crippen molar-refractivity contribution in [3.05, 3.63) is 84.7 Å². The number of urea groups is 1. The first-order valence-corrected chi connectivity index (χ1v) is 9.67. The van der Waals surface area contributed by atoms with Gasteiger partial charge in [0.05, 0.1) is 5.92 Å². The number of hydrogen-bond donors (Lipinski definition) is 2. The zero-order valence-electron chi connectivity index (χ0n) is 17.3. The lowest BCUT2D eigenvalue weighted by Crippen LogP contribution is -2.36. The molecule has 0 fully saturated rings. The van der Waals surface area contributed by atoms with Crippen molar-refractivity contribution in [2.75, 3.05) is 5.32 Å². The molecule has 2 N–H and O–H groups in total. The van der Waals surface area contributed by atoms with Crippen molar-refractivity contribution >= 4 is 17.7 Å². The van der Waals surface area contributed by atoms with Crippen molar-refractivity contribution in [2.24, 2.45) is 5.41 Å². The molecule has 0 spiro atoms. The van der Waals surface area contributed by atoms with Crippen molar-refractivity contribution in [2.45, 2.75) is 26.7 Å². The van der Waals surface area contributed by atoms with E-state index < -0.39 is 17.9 Å². The average molecular weight is 403 g/mol. The summed E-state index contributed by atoms with van der Waals surface area (Å²) in [6.07, 6.45) is 3.45. The highest BCUT2D eigenvalue weighted by atomic mass is 16.7. The molecule has 2 amide bonds. The van der Waals surface area contributed by atoms with Gasteiger partial charge < -0.3 is 10.2 Å². The molecule has 0 aliphatic rings. The highest BCUT2D eigenvalue weighted by Crippen LogP contribution is 2.35. The second-order valence-corrected chi connectivity index (χ2v) is 8.00. The maximum Gasteiger partial charge on any atom is 0.352 e. The summed E-state index contributed by atoms with van der Waals surface area (Å²) < 4.78 is 0. The quantitative estimate of drug-likeness (QED) is 0.590. The molecule has 154 valence electrons. The third-order valence-corrected chi connectivity index (χ3v) is 4.64. The number of nitrogens with zero attached hydrogens (tertiary/aromatic N) is 1. The SMILES string of the molecule is CC(C)(C)[C@@H](C(=O)ONC(=O)Nc1ccc(-c2ccncc2)cc1)c1ccccc1. The van der Waals surface area contributed by atoms with Crippen molar-refractivity contribution in [3.63, 3.8) is 0 Å². The van der Waals surface area contributed by atoms with E-state index in [1.165, 1.54) is 0 Å². The number of hydroxylamine groups is 1. The van der Waals surface area contributed by atoms with Crippen molar-refractivity contribution in [3.8, 4) is 11.1 Å². The number of amides is 2. The van der Waals surface area contributed by atoms with Gasteiger partial charge in [-0.1, -0.05) is 63.2 Å². The number of pyridine rings is 1. The lowest BCUT2D eigenvalue weighted by atomic mass is 9.76. The van der Waals surface area contributed by atoms with Gasteiger partial charge in [-0.05, 0) is 46.4 Å². The Hall–Kier alpha value is -3.67. The number of anilines is 1. The van der Waals surface area contributed by atoms with Crippen LogP contribution in [-0.4, -0.2) is 17.0 Å². The molecular weight excluding hydrogens is 378 g/mol. The van der Waals surface area contributed by atoms with Crippen LogP contribution in [0.2, 0.25) is 0 Å². The van der Waals surface area contributed by atoms with E-state index in [2.05, 4.69) is 15.8 Å². The van der Waals surface area contributed by atoms with Gasteiger partial charge in [-0.2, -0.15) is 5.48 Å². The topological polar surface area (TPSA) is 80.3 Å². The molecule has 6 nitrogen and oxygen atoms in total. The van der Waals surface area contributed by atoms with Crippen LogP contribution < -0.4 is 10.8 Å². The van der Waals surface area contributed by atoms with Crippen LogP contribution in [0, 0.1) is 5.41 Å². The van der Waals surface area contributed by atoms with Crippen LogP contribution in [0.4, 0.5) is 10.5 Å². The van der Waals surface area contributed by atoms with Gasteiger partial charge in [0, 0.05) is 18.1 Å². The summed E-state index contributed by atoms with van der Waals surface area (Å²) in [4.78, 5) is 34.0. The number of nitrogens with one attached hydrogen (secondary N) is 2. The Morgan fingerprint density at radius 2 is 1.47 bits per heavy atom. The molecule has 1 heterocycles. The van der Waals surface area contributed by atoms with E-state index in [0.29, 0.717) is 5.69 Å². The van der Waals surface area contributed by atoms with E-state index in [1.807, 2.05) is 75.4 Å². The molecule has 1 atom stereocenters. The third kappa shape index (κ3) is 5.44. The minimum atomic E-state index is -0.624. The summed E-state index contributed by atoms with van der Waals surface area (Å²) in [5.41, 5.74) is 5.27. The van der Waals surface area contributed by atoms with Gasteiger partial charge in [-0.3, -0.25) is 4.98 Å². The van der Waals surface area contributed by atoms with Crippen LogP contribution >= 0.6 is 0 Å². The first-order valence-electron chi connectivity index (χ1n) is 9.67. The number of rotatable bonds is 4. The molecule has 2 aromatic carbocycles. The predicted octanol–water partition coefficient (Wildman–Crippen LogP) is 5.16. The minimum Gasteiger partial charge on any atom is -0.339 e. The molecule has 6 heteroatoms. The maximum atomic E-state index is 12.7. The van der Waals surface area contributed by atoms with Crippen LogP contribution in [0.1, 0.15) is 32.3 Å². The van der Waals surface area contributed by atoms with Gasteiger partial charge in [0.15, 0.2) is 0 Å². The summed E-state index contributed by atoms with van der Waals surface area (Å²) in [7, 11) is 0. The second-order valence-electron chi connectivity index (χ2n) is 8.00. The normalized spacial score (nSPS) is 12.0. The number of carbonyl (C=O) groups excluding carboxylic acids is 2. The molecule has 0 radical (unpaired) electrons. The van der Waals surface area contributed by atoms with Gasteiger partial charge in [-0.25, -0.2) is 9.59 Å². The lowest BCUT2D eigenvalue weighted by molar-refractivity contribution is -0.153. The highest BCUT2D eigenvalue weighted by Gasteiger charge is 2.34. The standard InChI is InChI=1S/C24H25N3O3/c1-24(2,3)21(19-7-5-4-6-8-19)22(28)30-27-23(29)26-20-11-9-17(10-12-20)18-13-15-25-16-14-18/h4-16,21H,1-3H3,(H2,26,27,29)/t21-/m1/s1. The van der Waals surface area contributed by atoms with E-state index in [4.69, 9.17) is 4.84 Å². The fourth-order valence-corrected chi connectivity index (χ4v) is 3.24. The zero-order chi connectivity index (χ0) is 21.6. The Morgan fingerprint density at radius 3 is 2.07 bits per heavy atom. The summed E-state index contributed by atoms with van der Waals surface area (Å²) in [5, 5.41) is 2.65. The number of hydrogen-bond acceptors (Lipinski definition) is 4. The molecule has 0 unspecified atom stereocenters. The van der Waals surface area contributed by atoms with Crippen molar-refractivity contribution in [1.29, 1.82) is 0 Å². The predicted molar refractivity (Wildman–Crippen MR) is 117 cm³/mol. The second kappa shape index (κ2) is 9.22. The number of aromatic nitrogens is 1. The van der Waals surface area contributed by atoms with Gasteiger partial charge in [0.1, 0.15) is 0 Å². The Bertz CT molecular complexity index is 982. The number of carbonyl (C=O) groups is 2. The van der Waals surface area contributed by atoms with Crippen LogP contribution in [0.5, 0.6) is 0 Å². The molecule has 0 saturated carbocycles. The Balaban J connectivity index is 1.59. The molecule has 0 aliphatic carbocycles. The fraction of sp³-hybridized carbons (Fsp3) is 0.208. The molecule has 3 rings (SSSR count). The number of benzene rings is 2. The first kappa shape index (κ1) is 21.0. The van der Waals surface area contributed by atoms with Gasteiger partial charge in [0.25, 0.3) is 0 Å². The fourth-order valence-electron chi connectivity index (χ4n) is 3.24. The van der Waals surface area contributed by atoms with Gasteiger partial charge in [-0.15, -0.1) is 0 Å². The zero-order valence-corrected chi connectivity index (χ0v) is 17.3. The van der Waals surface area contributed by atoms with Crippen LogP contribution in [-0.2, 0) is 9.63 Å². The summed E-state index contributed by atoms with van der Waals surface area (Å²) >= 11 is 0. The molecule has 0 saturated heterocycles. The van der Waals surface area contributed by atoms with Crippen LogP contribution in [0.15, 0.2) is 79.1 Å². The summed E-state index contributed by atoms with van der Waals surface area (Å²) in [6.45, 7) is 5.86. The summed E-state index contributed by atoms with van der Waals surface area (Å²) in [5.74, 6) is -1.03. The van der Waals surface area contributed by atoms with E-state index in [9.17, 15) is 9.59 Å². The smallest absolute Gasteiger partial charge is 0.339 e. The van der Waals surface area contributed by atoms with Gasteiger partial charge >= 0.3 is 12.0 Å². The molecule has 1 aromatic heterocycles. The van der Waals surface area contributed by atoms with Crippen molar-refractivity contribution < 1.29 is 14.4 Å². The summed E-state index contributed by atoms with van der Waals surface area (Å²) in [6, 6.07) is 19.9. The molecule has 30 heavy (non-hydrogen) atoms. The van der Waals surface area contributed by atoms with E-state index in [-0.39, 0.29) is 5.41 Å². The Morgan fingerprint density at radius 1 is 0.867 bits per heavy atom. The van der Waals surface area contributed by atoms with E-state index >= 15 is 0 Å². The third-order valence-electron chi connectivity index (χ3n) is 4.64. The average Bonchev–Trinajstić information content (AvgIpc) is 2.73. The van der Waals surface area contributed by atoms with E-state index in [1.54, 1.807) is 24.5 Å². The lowest BCUT2D eigenvalue weighted by Gasteiger charge is -2.28. The van der Waals surface area contributed by atoms with E-state index in [0.717, 1.165) is 16.7 Å². The van der Waals surface area contributed by atoms with Gasteiger partial charge in [0.2, 0.25) is 0 Å².